The molecule has 1 aromatic heterocycles. The molecule has 0 spiro atoms. The Morgan fingerprint density at radius 2 is 2.14 bits per heavy atom. The van der Waals surface area contributed by atoms with Crippen molar-refractivity contribution >= 4 is 11.6 Å². The number of methoxy groups -OCH3 is 2. The Labute approximate surface area is 122 Å². The van der Waals surface area contributed by atoms with E-state index in [1.54, 1.807) is 24.4 Å². The molecule has 21 heavy (non-hydrogen) atoms. The third kappa shape index (κ3) is 3.38. The van der Waals surface area contributed by atoms with Crippen LogP contribution in [0, 0.1) is 0 Å². The van der Waals surface area contributed by atoms with Crippen LogP contribution in [0.3, 0.4) is 0 Å². The minimum atomic E-state index is -0.330. The molecule has 110 valence electrons. The molecule has 0 radical (unpaired) electrons. The minimum absolute atomic E-state index is 0.262. The van der Waals surface area contributed by atoms with Gasteiger partial charge in [-0.2, -0.15) is 0 Å². The number of hydrogen-bond acceptors (Lipinski definition) is 6. The summed E-state index contributed by atoms with van der Waals surface area (Å²) in [4.78, 5) is 20.1. The van der Waals surface area contributed by atoms with Crippen LogP contribution in [0.5, 0.6) is 11.5 Å². The number of aromatic nitrogens is 2. The molecule has 3 N–H and O–H groups in total. The molecule has 2 rings (SSSR count). The second-order valence-electron chi connectivity index (χ2n) is 4.17. The molecule has 0 saturated heterocycles. The molecule has 0 fully saturated rings. The molecule has 0 atom stereocenters. The van der Waals surface area contributed by atoms with Crippen LogP contribution in [0.2, 0.25) is 0 Å². The Balaban J connectivity index is 2.18. The molecule has 1 heterocycles. The minimum Gasteiger partial charge on any atom is -0.497 e. The number of hydrogen-bond donors (Lipinski definition) is 2. The Bertz CT molecular complexity index is 632. The van der Waals surface area contributed by atoms with E-state index in [0.717, 1.165) is 0 Å². The van der Waals surface area contributed by atoms with Crippen molar-refractivity contribution in [2.75, 3.05) is 20.0 Å². The van der Waals surface area contributed by atoms with Gasteiger partial charge in [0.05, 0.1) is 37.7 Å². The van der Waals surface area contributed by atoms with Gasteiger partial charge in [0.15, 0.2) is 0 Å². The zero-order chi connectivity index (χ0) is 15.2. The Hall–Kier alpha value is -2.83. The van der Waals surface area contributed by atoms with Crippen molar-refractivity contribution in [2.24, 2.45) is 0 Å². The molecule has 7 nitrogen and oxygen atoms in total. The largest absolute Gasteiger partial charge is 0.497 e. The van der Waals surface area contributed by atoms with Crippen molar-refractivity contribution in [3.8, 4) is 11.5 Å². The number of benzene rings is 1. The van der Waals surface area contributed by atoms with E-state index < -0.39 is 0 Å². The number of carbonyl (C=O) groups excluding carboxylic acids is 1. The average molecular weight is 288 g/mol. The van der Waals surface area contributed by atoms with Crippen LogP contribution in [0.1, 0.15) is 16.1 Å². The molecule has 1 aromatic carbocycles. The zero-order valence-corrected chi connectivity index (χ0v) is 11.8. The van der Waals surface area contributed by atoms with Gasteiger partial charge in [0.25, 0.3) is 5.91 Å². The lowest BCUT2D eigenvalue weighted by atomic mass is 10.1. The highest BCUT2D eigenvalue weighted by molar-refractivity contribution is 6.00. The lowest BCUT2D eigenvalue weighted by Crippen LogP contribution is -2.24. The van der Waals surface area contributed by atoms with Crippen molar-refractivity contribution in [3.63, 3.8) is 0 Å². The van der Waals surface area contributed by atoms with Gasteiger partial charge in [-0.1, -0.05) is 0 Å². The maximum atomic E-state index is 12.2. The zero-order valence-electron chi connectivity index (χ0n) is 11.8. The summed E-state index contributed by atoms with van der Waals surface area (Å²) < 4.78 is 10.3. The van der Waals surface area contributed by atoms with Crippen LogP contribution in [0.4, 0.5) is 5.69 Å². The van der Waals surface area contributed by atoms with Crippen molar-refractivity contribution < 1.29 is 14.3 Å². The quantitative estimate of drug-likeness (QED) is 0.796. The van der Waals surface area contributed by atoms with Gasteiger partial charge in [0.1, 0.15) is 17.8 Å². The topological polar surface area (TPSA) is 99.4 Å². The van der Waals surface area contributed by atoms with Crippen LogP contribution < -0.4 is 20.5 Å². The number of anilines is 1. The number of nitrogens with one attached hydrogen (secondary N) is 1. The predicted molar refractivity (Wildman–Crippen MR) is 77.2 cm³/mol. The fourth-order valence-corrected chi connectivity index (χ4v) is 1.76. The molecule has 2 aromatic rings. The summed E-state index contributed by atoms with van der Waals surface area (Å²) in [5.74, 6) is 0.554. The predicted octanol–water partition coefficient (Wildman–Crippen LogP) is 1.01. The van der Waals surface area contributed by atoms with E-state index in [0.29, 0.717) is 22.8 Å². The number of nitrogen functional groups attached to an aromatic ring is 1. The van der Waals surface area contributed by atoms with Crippen molar-refractivity contribution in [2.45, 2.75) is 6.54 Å². The van der Waals surface area contributed by atoms with Gasteiger partial charge in [-0.3, -0.25) is 4.79 Å². The molecule has 7 heteroatoms. The first-order valence-electron chi connectivity index (χ1n) is 6.20. The van der Waals surface area contributed by atoms with Crippen LogP contribution in [-0.2, 0) is 6.54 Å². The molecule has 0 unspecified atom stereocenters. The lowest BCUT2D eigenvalue weighted by molar-refractivity contribution is 0.0950. The van der Waals surface area contributed by atoms with E-state index in [1.807, 2.05) is 0 Å². The summed E-state index contributed by atoms with van der Waals surface area (Å²) in [6, 6.07) is 4.90. The number of ether oxygens (including phenoxy) is 2. The average Bonchev–Trinajstić information content (AvgIpc) is 2.53. The summed E-state index contributed by atoms with van der Waals surface area (Å²) in [7, 11) is 2.99. The SMILES string of the molecule is COc1cc(OC)c(N)c(C(=O)NCc2ccncn2)c1. The van der Waals surface area contributed by atoms with Crippen molar-refractivity contribution in [1.82, 2.24) is 15.3 Å². The van der Waals surface area contributed by atoms with Gasteiger partial charge in [-0.15, -0.1) is 0 Å². The van der Waals surface area contributed by atoms with Crippen LogP contribution in [0.15, 0.2) is 30.7 Å². The molecule has 1 amide bonds. The highest BCUT2D eigenvalue weighted by Crippen LogP contribution is 2.30. The van der Waals surface area contributed by atoms with Gasteiger partial charge in [-0.05, 0) is 12.1 Å². The highest BCUT2D eigenvalue weighted by Gasteiger charge is 2.15. The molecule has 0 aliphatic carbocycles. The van der Waals surface area contributed by atoms with E-state index in [1.165, 1.54) is 20.5 Å². The first-order valence-corrected chi connectivity index (χ1v) is 6.20. The van der Waals surface area contributed by atoms with Gasteiger partial charge >= 0.3 is 0 Å². The molecule has 0 saturated carbocycles. The fraction of sp³-hybridized carbons (Fsp3) is 0.214. The van der Waals surface area contributed by atoms with E-state index in [4.69, 9.17) is 15.2 Å². The summed E-state index contributed by atoms with van der Waals surface area (Å²) in [6.07, 6.45) is 3.03. The summed E-state index contributed by atoms with van der Waals surface area (Å²) >= 11 is 0. The Morgan fingerprint density at radius 1 is 1.33 bits per heavy atom. The first-order chi connectivity index (χ1) is 10.2. The monoisotopic (exact) mass is 288 g/mol. The maximum Gasteiger partial charge on any atom is 0.253 e. The third-order valence-corrected chi connectivity index (χ3v) is 2.89. The fourth-order valence-electron chi connectivity index (χ4n) is 1.76. The van der Waals surface area contributed by atoms with E-state index in [-0.39, 0.29) is 18.1 Å². The Morgan fingerprint density at radius 3 is 2.76 bits per heavy atom. The standard InChI is InChI=1S/C14H16N4O3/c1-20-10-5-11(13(15)12(6-10)21-2)14(19)17-7-9-3-4-16-8-18-9/h3-6,8H,7,15H2,1-2H3,(H,17,19). The normalized spacial score (nSPS) is 10.0. The summed E-state index contributed by atoms with van der Waals surface area (Å²) in [5.41, 5.74) is 7.18. The second-order valence-corrected chi connectivity index (χ2v) is 4.17. The smallest absolute Gasteiger partial charge is 0.253 e. The highest BCUT2D eigenvalue weighted by atomic mass is 16.5. The van der Waals surface area contributed by atoms with Crippen molar-refractivity contribution in [1.29, 1.82) is 0 Å². The second kappa shape index (κ2) is 6.56. The van der Waals surface area contributed by atoms with Gasteiger partial charge in [0, 0.05) is 12.3 Å². The van der Waals surface area contributed by atoms with Crippen LogP contribution in [-0.4, -0.2) is 30.1 Å². The first kappa shape index (κ1) is 14.6. The number of nitrogens with zero attached hydrogens (tertiary/aromatic N) is 2. The molecule has 0 bridgehead atoms. The molecule has 0 aliphatic rings. The molecular weight excluding hydrogens is 272 g/mol. The van der Waals surface area contributed by atoms with Crippen LogP contribution >= 0.6 is 0 Å². The molecule has 0 aliphatic heterocycles. The van der Waals surface area contributed by atoms with Gasteiger partial charge < -0.3 is 20.5 Å². The molecular formula is C14H16N4O3. The van der Waals surface area contributed by atoms with E-state index in [2.05, 4.69) is 15.3 Å². The Kier molecular flexibility index (Phi) is 4.55. The number of carbonyl (C=O) groups is 1. The summed E-state index contributed by atoms with van der Waals surface area (Å²) in [5, 5.41) is 2.74. The van der Waals surface area contributed by atoms with E-state index in [9.17, 15) is 4.79 Å². The number of rotatable bonds is 5. The maximum absolute atomic E-state index is 12.2. The summed E-state index contributed by atoms with van der Waals surface area (Å²) in [6.45, 7) is 0.278. The van der Waals surface area contributed by atoms with Crippen molar-refractivity contribution in [3.05, 3.63) is 42.0 Å². The van der Waals surface area contributed by atoms with Gasteiger partial charge in [0.2, 0.25) is 0 Å². The lowest BCUT2D eigenvalue weighted by Gasteiger charge is -2.12. The third-order valence-electron chi connectivity index (χ3n) is 2.89. The van der Waals surface area contributed by atoms with Gasteiger partial charge in [-0.25, -0.2) is 9.97 Å². The van der Waals surface area contributed by atoms with Crippen LogP contribution in [0.25, 0.3) is 0 Å². The number of amides is 1. The number of nitrogens with two attached hydrogens (primary N) is 1. The van der Waals surface area contributed by atoms with E-state index >= 15 is 0 Å².